The van der Waals surface area contributed by atoms with E-state index in [9.17, 15) is 5.11 Å². The highest BCUT2D eigenvalue weighted by molar-refractivity contribution is 5.78. The zero-order valence-electron chi connectivity index (χ0n) is 8.43. The van der Waals surface area contributed by atoms with Crippen molar-refractivity contribution in [2.45, 2.75) is 12.5 Å². The largest absolute Gasteiger partial charge is 0.386 e. The van der Waals surface area contributed by atoms with Crippen molar-refractivity contribution in [3.05, 3.63) is 54.7 Å². The van der Waals surface area contributed by atoms with E-state index in [0.717, 1.165) is 10.9 Å². The first kappa shape index (κ1) is 9.87. The third kappa shape index (κ3) is 2.05. The van der Waals surface area contributed by atoms with Crippen LogP contribution in [0.2, 0.25) is 0 Å². The molecule has 0 amide bonds. The van der Waals surface area contributed by atoms with Crippen LogP contribution in [-0.2, 0) is 0 Å². The fourth-order valence-corrected chi connectivity index (χ4v) is 1.55. The summed E-state index contributed by atoms with van der Waals surface area (Å²) in [5.41, 5.74) is 1.62. The van der Waals surface area contributed by atoms with Gasteiger partial charge in [-0.1, -0.05) is 30.3 Å². The number of aliphatic hydroxyl groups excluding tert-OH is 1. The minimum absolute atomic E-state index is 0.533. The second kappa shape index (κ2) is 4.24. The minimum atomic E-state index is -0.549. The molecule has 0 aliphatic heterocycles. The van der Waals surface area contributed by atoms with Gasteiger partial charge >= 0.3 is 0 Å². The van der Waals surface area contributed by atoms with Gasteiger partial charge in [0, 0.05) is 5.39 Å². The molecule has 76 valence electrons. The molecule has 0 radical (unpaired) electrons. The summed E-state index contributed by atoms with van der Waals surface area (Å²) in [4.78, 5) is 4.40. The van der Waals surface area contributed by atoms with Gasteiger partial charge in [-0.25, -0.2) is 0 Å². The molecule has 15 heavy (non-hydrogen) atoms. The van der Waals surface area contributed by atoms with Crippen LogP contribution in [-0.4, -0.2) is 10.1 Å². The maximum atomic E-state index is 9.75. The van der Waals surface area contributed by atoms with Crippen LogP contribution in [0, 0.1) is 0 Å². The van der Waals surface area contributed by atoms with Gasteiger partial charge in [0.05, 0.1) is 17.3 Å². The van der Waals surface area contributed by atoms with Gasteiger partial charge in [0.2, 0.25) is 0 Å². The third-order valence-electron chi connectivity index (χ3n) is 2.35. The Balaban J connectivity index is 2.42. The molecule has 1 heterocycles. The van der Waals surface area contributed by atoms with E-state index in [-0.39, 0.29) is 0 Å². The first-order valence-corrected chi connectivity index (χ1v) is 4.96. The van der Waals surface area contributed by atoms with Gasteiger partial charge in [0.25, 0.3) is 0 Å². The maximum absolute atomic E-state index is 9.75. The molecule has 1 atom stereocenters. The standard InChI is InChI=1S/C13H13NO/c1-2-5-13(15)12-9-8-10-6-3-4-7-11(10)14-12/h2-4,6-9,13,15H,1,5H2. The number of aromatic nitrogens is 1. The monoisotopic (exact) mass is 199 g/mol. The van der Waals surface area contributed by atoms with E-state index in [1.165, 1.54) is 0 Å². The molecule has 1 aromatic heterocycles. The van der Waals surface area contributed by atoms with Crippen molar-refractivity contribution in [1.82, 2.24) is 4.98 Å². The zero-order chi connectivity index (χ0) is 10.7. The molecule has 0 aliphatic rings. The van der Waals surface area contributed by atoms with E-state index < -0.39 is 6.10 Å². The lowest BCUT2D eigenvalue weighted by atomic mass is 10.1. The first-order chi connectivity index (χ1) is 7.31. The van der Waals surface area contributed by atoms with Gasteiger partial charge in [0.1, 0.15) is 0 Å². The van der Waals surface area contributed by atoms with Crippen LogP contribution in [0.15, 0.2) is 49.1 Å². The summed E-state index contributed by atoms with van der Waals surface area (Å²) in [5.74, 6) is 0. The molecule has 2 aromatic rings. The predicted molar refractivity (Wildman–Crippen MR) is 61.5 cm³/mol. The Bertz CT molecular complexity index is 479. The Morgan fingerprint density at radius 2 is 2.07 bits per heavy atom. The quantitative estimate of drug-likeness (QED) is 0.771. The average molecular weight is 199 g/mol. The summed E-state index contributed by atoms with van der Waals surface area (Å²) in [6.45, 7) is 3.60. The summed E-state index contributed by atoms with van der Waals surface area (Å²) < 4.78 is 0. The van der Waals surface area contributed by atoms with Crippen molar-refractivity contribution in [2.24, 2.45) is 0 Å². The highest BCUT2D eigenvalue weighted by Gasteiger charge is 2.07. The summed E-state index contributed by atoms with van der Waals surface area (Å²) in [5, 5.41) is 10.8. The van der Waals surface area contributed by atoms with E-state index >= 15 is 0 Å². The fourth-order valence-electron chi connectivity index (χ4n) is 1.55. The molecular formula is C13H13NO. The Hall–Kier alpha value is -1.67. The third-order valence-corrected chi connectivity index (χ3v) is 2.35. The second-order valence-corrected chi connectivity index (χ2v) is 3.47. The van der Waals surface area contributed by atoms with Crippen LogP contribution in [0.5, 0.6) is 0 Å². The molecule has 1 aromatic carbocycles. The van der Waals surface area contributed by atoms with E-state index in [1.54, 1.807) is 6.08 Å². The first-order valence-electron chi connectivity index (χ1n) is 4.96. The summed E-state index contributed by atoms with van der Waals surface area (Å²) >= 11 is 0. The van der Waals surface area contributed by atoms with Crippen LogP contribution in [0.1, 0.15) is 18.2 Å². The van der Waals surface area contributed by atoms with Crippen molar-refractivity contribution < 1.29 is 5.11 Å². The van der Waals surface area contributed by atoms with Crippen LogP contribution in [0.3, 0.4) is 0 Å². The van der Waals surface area contributed by atoms with Crippen molar-refractivity contribution in [3.63, 3.8) is 0 Å². The Labute approximate surface area is 88.9 Å². The second-order valence-electron chi connectivity index (χ2n) is 3.47. The zero-order valence-corrected chi connectivity index (χ0v) is 8.43. The number of hydrogen-bond acceptors (Lipinski definition) is 2. The van der Waals surface area contributed by atoms with Crippen LogP contribution < -0.4 is 0 Å². The number of rotatable bonds is 3. The van der Waals surface area contributed by atoms with Gasteiger partial charge in [-0.3, -0.25) is 4.98 Å². The van der Waals surface area contributed by atoms with Crippen LogP contribution in [0.25, 0.3) is 10.9 Å². The molecule has 0 bridgehead atoms. The smallest absolute Gasteiger partial charge is 0.0994 e. The topological polar surface area (TPSA) is 33.1 Å². The molecule has 1 N–H and O–H groups in total. The number of pyridine rings is 1. The Kier molecular flexibility index (Phi) is 2.79. The van der Waals surface area contributed by atoms with E-state index in [2.05, 4.69) is 11.6 Å². The fraction of sp³-hybridized carbons (Fsp3) is 0.154. The van der Waals surface area contributed by atoms with Crippen LogP contribution in [0.4, 0.5) is 0 Å². The van der Waals surface area contributed by atoms with Gasteiger partial charge in [-0.15, -0.1) is 6.58 Å². The van der Waals surface area contributed by atoms with Crippen molar-refractivity contribution in [2.75, 3.05) is 0 Å². The van der Waals surface area contributed by atoms with Gasteiger partial charge in [0.15, 0.2) is 0 Å². The molecule has 1 unspecified atom stereocenters. The summed E-state index contributed by atoms with van der Waals surface area (Å²) in [6, 6.07) is 11.7. The molecular weight excluding hydrogens is 186 g/mol. The maximum Gasteiger partial charge on any atom is 0.0994 e. The highest BCUT2D eigenvalue weighted by atomic mass is 16.3. The minimum Gasteiger partial charge on any atom is -0.386 e. The highest BCUT2D eigenvalue weighted by Crippen LogP contribution is 2.18. The molecule has 0 fully saturated rings. The SMILES string of the molecule is C=CCC(O)c1ccc2ccccc2n1. The molecule has 2 heteroatoms. The number of nitrogens with zero attached hydrogens (tertiary/aromatic N) is 1. The van der Waals surface area contributed by atoms with Gasteiger partial charge in [-0.2, -0.15) is 0 Å². The van der Waals surface area contributed by atoms with Crippen molar-refractivity contribution in [3.8, 4) is 0 Å². The lowest BCUT2D eigenvalue weighted by molar-refractivity contribution is 0.177. The number of aliphatic hydroxyl groups is 1. The molecule has 0 saturated carbocycles. The molecule has 0 saturated heterocycles. The Morgan fingerprint density at radius 3 is 2.87 bits per heavy atom. The molecule has 0 spiro atoms. The van der Waals surface area contributed by atoms with Crippen LogP contribution >= 0.6 is 0 Å². The predicted octanol–water partition coefficient (Wildman–Crippen LogP) is 2.84. The molecule has 2 rings (SSSR count). The van der Waals surface area contributed by atoms with E-state index in [1.807, 2.05) is 36.4 Å². The number of para-hydroxylation sites is 1. The number of benzene rings is 1. The Morgan fingerprint density at radius 1 is 1.27 bits per heavy atom. The molecule has 2 nitrogen and oxygen atoms in total. The normalized spacial score (nSPS) is 12.6. The average Bonchev–Trinajstić information content (AvgIpc) is 2.29. The lowest BCUT2D eigenvalue weighted by Gasteiger charge is -2.07. The number of hydrogen-bond donors (Lipinski definition) is 1. The molecule has 0 aliphatic carbocycles. The summed E-state index contributed by atoms with van der Waals surface area (Å²) in [7, 11) is 0. The van der Waals surface area contributed by atoms with E-state index in [0.29, 0.717) is 12.1 Å². The van der Waals surface area contributed by atoms with Crippen molar-refractivity contribution >= 4 is 10.9 Å². The number of fused-ring (bicyclic) bond motifs is 1. The lowest BCUT2D eigenvalue weighted by Crippen LogP contribution is -1.98. The van der Waals surface area contributed by atoms with E-state index in [4.69, 9.17) is 0 Å². The van der Waals surface area contributed by atoms with Gasteiger partial charge < -0.3 is 5.11 Å². The summed E-state index contributed by atoms with van der Waals surface area (Å²) in [6.07, 6.45) is 1.68. The van der Waals surface area contributed by atoms with Crippen molar-refractivity contribution in [1.29, 1.82) is 0 Å². The van der Waals surface area contributed by atoms with Gasteiger partial charge in [-0.05, 0) is 18.6 Å².